The second kappa shape index (κ2) is 4.04. The Morgan fingerprint density at radius 3 is 3.12 bits per heavy atom. The fourth-order valence-electron chi connectivity index (χ4n) is 2.56. The number of aromatic nitrogens is 2. The largest absolute Gasteiger partial charge is 0.381 e. The van der Waals surface area contributed by atoms with Crippen molar-refractivity contribution < 1.29 is 0 Å². The predicted octanol–water partition coefficient (Wildman–Crippen LogP) is 2.07. The minimum Gasteiger partial charge on any atom is -0.381 e. The molecule has 1 aromatic heterocycles. The smallest absolute Gasteiger partial charge is 0.0670 e. The molecule has 90 valence electrons. The zero-order valence-electron chi connectivity index (χ0n) is 10.3. The van der Waals surface area contributed by atoms with Crippen LogP contribution in [0, 0.1) is 0 Å². The monoisotopic (exact) mass is 230 g/mol. The van der Waals surface area contributed by atoms with E-state index in [1.54, 1.807) is 0 Å². The molecule has 0 amide bonds. The Bertz CT molecular complexity index is 509. The summed E-state index contributed by atoms with van der Waals surface area (Å²) in [6.45, 7) is 3.39. The van der Waals surface area contributed by atoms with Gasteiger partial charge in [-0.05, 0) is 38.6 Å². The van der Waals surface area contributed by atoms with Crippen LogP contribution in [0.1, 0.15) is 13.3 Å². The van der Waals surface area contributed by atoms with Crippen LogP contribution < -0.4 is 5.32 Å². The summed E-state index contributed by atoms with van der Waals surface area (Å²) in [4.78, 5) is 2.40. The minimum atomic E-state index is 0.551. The second-order valence-corrected chi connectivity index (χ2v) is 5.04. The maximum Gasteiger partial charge on any atom is 0.0670 e. The number of rotatable bonds is 2. The van der Waals surface area contributed by atoms with Gasteiger partial charge in [-0.15, -0.1) is 0 Å². The Balaban J connectivity index is 1.76. The SMILES string of the molecule is CC1CC(Nc2ccc3cn[nH]c3c2)CN1C. The van der Waals surface area contributed by atoms with Crippen molar-refractivity contribution >= 4 is 16.6 Å². The molecule has 2 heterocycles. The van der Waals surface area contributed by atoms with Gasteiger partial charge >= 0.3 is 0 Å². The van der Waals surface area contributed by atoms with Gasteiger partial charge in [0, 0.05) is 29.7 Å². The second-order valence-electron chi connectivity index (χ2n) is 5.04. The van der Waals surface area contributed by atoms with E-state index in [4.69, 9.17) is 0 Å². The lowest BCUT2D eigenvalue weighted by Crippen LogP contribution is -2.24. The summed E-state index contributed by atoms with van der Waals surface area (Å²) < 4.78 is 0. The van der Waals surface area contributed by atoms with E-state index in [1.807, 2.05) is 6.20 Å². The summed E-state index contributed by atoms with van der Waals surface area (Å²) in [5.74, 6) is 0. The summed E-state index contributed by atoms with van der Waals surface area (Å²) >= 11 is 0. The third-order valence-corrected chi connectivity index (χ3v) is 3.70. The van der Waals surface area contributed by atoms with Gasteiger partial charge < -0.3 is 10.2 Å². The molecule has 1 saturated heterocycles. The van der Waals surface area contributed by atoms with Crippen LogP contribution in [-0.2, 0) is 0 Å². The average Bonchev–Trinajstić information content (AvgIpc) is 2.86. The van der Waals surface area contributed by atoms with Crippen molar-refractivity contribution in [3.8, 4) is 0 Å². The molecule has 2 N–H and O–H groups in total. The number of likely N-dealkylation sites (tertiary alicyclic amines) is 1. The minimum absolute atomic E-state index is 0.551. The molecule has 17 heavy (non-hydrogen) atoms. The van der Waals surface area contributed by atoms with Gasteiger partial charge in [0.1, 0.15) is 0 Å². The Morgan fingerprint density at radius 2 is 2.35 bits per heavy atom. The lowest BCUT2D eigenvalue weighted by molar-refractivity contribution is 0.330. The highest BCUT2D eigenvalue weighted by molar-refractivity contribution is 5.81. The molecule has 4 heteroatoms. The van der Waals surface area contributed by atoms with Gasteiger partial charge in [0.25, 0.3) is 0 Å². The summed E-state index contributed by atoms with van der Waals surface area (Å²) in [6, 6.07) is 7.58. The quantitative estimate of drug-likeness (QED) is 0.830. The molecule has 0 aliphatic carbocycles. The van der Waals surface area contributed by atoms with Crippen molar-refractivity contribution in [3.63, 3.8) is 0 Å². The first-order valence-corrected chi connectivity index (χ1v) is 6.12. The van der Waals surface area contributed by atoms with Gasteiger partial charge in [-0.1, -0.05) is 0 Å². The van der Waals surface area contributed by atoms with E-state index in [-0.39, 0.29) is 0 Å². The molecule has 0 spiro atoms. The van der Waals surface area contributed by atoms with E-state index in [1.165, 1.54) is 12.1 Å². The number of H-pyrrole nitrogens is 1. The molecule has 2 unspecified atom stereocenters. The zero-order chi connectivity index (χ0) is 11.8. The van der Waals surface area contributed by atoms with Crippen molar-refractivity contribution in [2.24, 2.45) is 0 Å². The maximum absolute atomic E-state index is 4.04. The highest BCUT2D eigenvalue weighted by atomic mass is 15.2. The van der Waals surface area contributed by atoms with Crippen molar-refractivity contribution in [2.45, 2.75) is 25.4 Å². The molecular weight excluding hydrogens is 212 g/mol. The fraction of sp³-hybridized carbons (Fsp3) is 0.462. The van der Waals surface area contributed by atoms with Crippen LogP contribution in [0.25, 0.3) is 10.9 Å². The van der Waals surface area contributed by atoms with Gasteiger partial charge in [-0.2, -0.15) is 5.10 Å². The van der Waals surface area contributed by atoms with E-state index in [9.17, 15) is 0 Å². The topological polar surface area (TPSA) is 44.0 Å². The Labute approximate surface area is 101 Å². The Morgan fingerprint density at radius 1 is 1.47 bits per heavy atom. The van der Waals surface area contributed by atoms with Gasteiger partial charge in [0.2, 0.25) is 0 Å². The standard InChI is InChI=1S/C13H18N4/c1-9-5-12(8-17(9)2)15-11-4-3-10-7-14-16-13(10)6-11/h3-4,6-7,9,12,15H,5,8H2,1-2H3,(H,14,16). The van der Waals surface area contributed by atoms with Gasteiger partial charge in [-0.3, -0.25) is 5.10 Å². The van der Waals surface area contributed by atoms with Crippen molar-refractivity contribution in [3.05, 3.63) is 24.4 Å². The summed E-state index contributed by atoms with van der Waals surface area (Å²) in [7, 11) is 2.18. The van der Waals surface area contributed by atoms with E-state index in [0.29, 0.717) is 12.1 Å². The summed E-state index contributed by atoms with van der Waals surface area (Å²) in [6.07, 6.45) is 3.06. The molecule has 2 atom stereocenters. The number of hydrogen-bond acceptors (Lipinski definition) is 3. The number of aromatic amines is 1. The van der Waals surface area contributed by atoms with Crippen LogP contribution in [0.5, 0.6) is 0 Å². The van der Waals surface area contributed by atoms with Crippen LogP contribution in [0.3, 0.4) is 0 Å². The molecule has 1 aliphatic rings. The number of nitrogens with one attached hydrogen (secondary N) is 2. The lowest BCUT2D eigenvalue weighted by Gasteiger charge is -2.14. The molecule has 1 fully saturated rings. The van der Waals surface area contributed by atoms with Crippen LogP contribution >= 0.6 is 0 Å². The molecule has 1 aromatic carbocycles. The van der Waals surface area contributed by atoms with Gasteiger partial charge in [0.05, 0.1) is 11.7 Å². The maximum atomic E-state index is 4.04. The summed E-state index contributed by atoms with van der Waals surface area (Å²) in [5.41, 5.74) is 2.27. The van der Waals surface area contributed by atoms with E-state index in [0.717, 1.165) is 17.4 Å². The van der Waals surface area contributed by atoms with Crippen molar-refractivity contribution in [1.29, 1.82) is 0 Å². The molecule has 1 aliphatic heterocycles. The first-order chi connectivity index (χ1) is 8.22. The molecular formula is C13H18N4. The first-order valence-electron chi connectivity index (χ1n) is 6.12. The number of nitrogens with zero attached hydrogens (tertiary/aromatic N) is 2. The zero-order valence-corrected chi connectivity index (χ0v) is 10.3. The fourth-order valence-corrected chi connectivity index (χ4v) is 2.56. The average molecular weight is 230 g/mol. The third kappa shape index (κ3) is 2.00. The Kier molecular flexibility index (Phi) is 2.52. The number of fused-ring (bicyclic) bond motifs is 1. The van der Waals surface area contributed by atoms with Crippen LogP contribution in [0.4, 0.5) is 5.69 Å². The number of anilines is 1. The van der Waals surface area contributed by atoms with Gasteiger partial charge in [-0.25, -0.2) is 0 Å². The van der Waals surface area contributed by atoms with E-state index < -0.39 is 0 Å². The van der Waals surface area contributed by atoms with E-state index >= 15 is 0 Å². The molecule has 0 bridgehead atoms. The molecule has 3 rings (SSSR count). The number of likely N-dealkylation sites (N-methyl/N-ethyl adjacent to an activating group) is 1. The molecule has 2 aromatic rings. The normalized spacial score (nSPS) is 25.5. The first kappa shape index (κ1) is 10.6. The lowest BCUT2D eigenvalue weighted by atomic mass is 10.1. The summed E-state index contributed by atoms with van der Waals surface area (Å²) in [5, 5.41) is 11.8. The number of hydrogen-bond donors (Lipinski definition) is 2. The van der Waals surface area contributed by atoms with Crippen LogP contribution in [0.2, 0.25) is 0 Å². The molecule has 0 radical (unpaired) electrons. The van der Waals surface area contributed by atoms with E-state index in [2.05, 4.69) is 52.6 Å². The highest BCUT2D eigenvalue weighted by Gasteiger charge is 2.25. The van der Waals surface area contributed by atoms with Crippen molar-refractivity contribution in [1.82, 2.24) is 15.1 Å². The van der Waals surface area contributed by atoms with Crippen molar-refractivity contribution in [2.75, 3.05) is 18.9 Å². The van der Waals surface area contributed by atoms with Gasteiger partial charge in [0.15, 0.2) is 0 Å². The third-order valence-electron chi connectivity index (χ3n) is 3.70. The highest BCUT2D eigenvalue weighted by Crippen LogP contribution is 2.22. The van der Waals surface area contributed by atoms with Crippen LogP contribution in [0.15, 0.2) is 24.4 Å². The molecule has 0 saturated carbocycles. The van der Waals surface area contributed by atoms with Crippen LogP contribution in [-0.4, -0.2) is 40.8 Å². The number of benzene rings is 1. The molecule has 4 nitrogen and oxygen atoms in total. The predicted molar refractivity (Wildman–Crippen MR) is 70.2 cm³/mol. The Hall–Kier alpha value is -1.55.